The van der Waals surface area contributed by atoms with E-state index in [9.17, 15) is 31.5 Å². The number of nitrogens with zero attached hydrogens (tertiary/aromatic N) is 3. The lowest BCUT2D eigenvalue weighted by Gasteiger charge is -2.21. The minimum absolute atomic E-state index is 0.0697. The van der Waals surface area contributed by atoms with Crippen LogP contribution in [0.3, 0.4) is 0 Å². The van der Waals surface area contributed by atoms with Crippen molar-refractivity contribution in [2.75, 3.05) is 5.32 Å². The molecule has 3 rings (SSSR count). The fraction of sp³-hybridized carbons (Fsp3) is 0.333. The molecular weight excluding hydrogens is 399 g/mol. The number of alkyl halides is 5. The number of carbonyl (C=O) groups is 1. The molecule has 154 valence electrons. The van der Waals surface area contributed by atoms with E-state index >= 15 is 0 Å². The highest BCUT2D eigenvalue weighted by Gasteiger charge is 2.32. The number of carbonyl (C=O) groups excluding carboxylic acids is 1. The Morgan fingerprint density at radius 1 is 1.24 bits per heavy atom. The van der Waals surface area contributed by atoms with Gasteiger partial charge in [-0.05, 0) is 24.1 Å². The number of hydrogen-bond donors (Lipinski definition) is 1. The molecule has 0 spiro atoms. The van der Waals surface area contributed by atoms with Crippen LogP contribution in [0.25, 0.3) is 5.57 Å². The van der Waals surface area contributed by atoms with Crippen LogP contribution in [-0.2, 0) is 17.5 Å². The first-order valence-corrected chi connectivity index (χ1v) is 8.51. The van der Waals surface area contributed by atoms with Crippen molar-refractivity contribution in [1.82, 2.24) is 14.8 Å². The van der Waals surface area contributed by atoms with Gasteiger partial charge in [0.05, 0.1) is 23.1 Å². The molecule has 0 fully saturated rings. The van der Waals surface area contributed by atoms with E-state index in [-0.39, 0.29) is 24.2 Å². The molecule has 0 saturated carbocycles. The molecule has 6 nitrogen and oxygen atoms in total. The van der Waals surface area contributed by atoms with Crippen LogP contribution >= 0.6 is 0 Å². The van der Waals surface area contributed by atoms with Crippen molar-refractivity contribution in [3.8, 4) is 0 Å². The van der Waals surface area contributed by atoms with Gasteiger partial charge < -0.3 is 5.32 Å². The van der Waals surface area contributed by atoms with Gasteiger partial charge in [-0.2, -0.15) is 18.3 Å². The smallest absolute Gasteiger partial charge is 0.323 e. The molecule has 0 bridgehead atoms. The summed E-state index contributed by atoms with van der Waals surface area (Å²) in [6.45, 7) is -0.563. The standard InChI is InChI=1S/C18H15F5N4O2/c19-17(20)5-3-11(4-6-17)14-1-2-16(29)27(26-14)10-15(28)25-13-7-12(8-24-9-13)18(21,22)23/h1-3,7-9H,4-6,10H2,(H,25,28). The average Bonchev–Trinajstić information content (AvgIpc) is 2.63. The summed E-state index contributed by atoms with van der Waals surface area (Å²) in [5.41, 5.74) is -1.02. The Bertz CT molecular complexity index is 1010. The molecule has 0 aromatic carbocycles. The fourth-order valence-corrected chi connectivity index (χ4v) is 2.76. The Kier molecular flexibility index (Phi) is 5.49. The van der Waals surface area contributed by atoms with Crippen LogP contribution in [0.4, 0.5) is 27.6 Å². The van der Waals surface area contributed by atoms with E-state index < -0.39 is 42.1 Å². The molecular formula is C18H15F5N4O2. The van der Waals surface area contributed by atoms with E-state index in [1.54, 1.807) is 0 Å². The number of anilines is 1. The van der Waals surface area contributed by atoms with Gasteiger partial charge in [0.15, 0.2) is 0 Å². The largest absolute Gasteiger partial charge is 0.417 e. The summed E-state index contributed by atoms with van der Waals surface area (Å²) in [5, 5.41) is 6.24. The van der Waals surface area contributed by atoms with Crippen LogP contribution in [-0.4, -0.2) is 26.6 Å². The second-order valence-electron chi connectivity index (χ2n) is 6.51. The highest BCUT2D eigenvalue weighted by Crippen LogP contribution is 2.35. The molecule has 2 aromatic rings. The van der Waals surface area contributed by atoms with Crippen molar-refractivity contribution < 1.29 is 26.7 Å². The minimum atomic E-state index is -4.62. The summed E-state index contributed by atoms with van der Waals surface area (Å²) in [4.78, 5) is 27.5. The van der Waals surface area contributed by atoms with Crippen molar-refractivity contribution in [2.45, 2.75) is 37.9 Å². The van der Waals surface area contributed by atoms with Gasteiger partial charge in [0.1, 0.15) is 6.54 Å². The predicted molar refractivity (Wildman–Crippen MR) is 93.1 cm³/mol. The molecule has 0 atom stereocenters. The number of hydrogen-bond acceptors (Lipinski definition) is 4. The molecule has 0 saturated heterocycles. The molecule has 29 heavy (non-hydrogen) atoms. The molecule has 1 aliphatic rings. The zero-order valence-corrected chi connectivity index (χ0v) is 14.8. The summed E-state index contributed by atoms with van der Waals surface area (Å²) < 4.78 is 65.5. The molecule has 0 unspecified atom stereocenters. The minimum Gasteiger partial charge on any atom is -0.323 e. The Morgan fingerprint density at radius 3 is 2.66 bits per heavy atom. The number of halogens is 5. The first kappa shape index (κ1) is 20.6. The van der Waals surface area contributed by atoms with Gasteiger partial charge in [-0.3, -0.25) is 14.6 Å². The monoisotopic (exact) mass is 414 g/mol. The van der Waals surface area contributed by atoms with Crippen LogP contribution in [0.2, 0.25) is 0 Å². The van der Waals surface area contributed by atoms with Gasteiger partial charge in [-0.25, -0.2) is 13.5 Å². The van der Waals surface area contributed by atoms with Gasteiger partial charge in [-0.15, -0.1) is 0 Å². The van der Waals surface area contributed by atoms with E-state index in [4.69, 9.17) is 0 Å². The SMILES string of the molecule is O=C(Cn1nc(C2=CCC(F)(F)CC2)ccc1=O)Nc1cncc(C(F)(F)F)c1. The molecule has 1 aliphatic carbocycles. The molecule has 1 N–H and O–H groups in total. The number of pyridine rings is 1. The van der Waals surface area contributed by atoms with E-state index in [0.29, 0.717) is 17.8 Å². The Labute approximate surface area is 161 Å². The first-order valence-electron chi connectivity index (χ1n) is 8.51. The Balaban J connectivity index is 1.74. The summed E-state index contributed by atoms with van der Waals surface area (Å²) in [5.74, 6) is -3.57. The average molecular weight is 414 g/mol. The molecule has 1 amide bonds. The van der Waals surface area contributed by atoms with Crippen LogP contribution in [0, 0.1) is 0 Å². The van der Waals surface area contributed by atoms with Crippen molar-refractivity contribution in [3.05, 3.63) is 58.3 Å². The van der Waals surface area contributed by atoms with Gasteiger partial charge in [0, 0.05) is 25.1 Å². The van der Waals surface area contributed by atoms with Crippen LogP contribution in [0.15, 0.2) is 41.5 Å². The normalized spacial score (nSPS) is 16.2. The molecule has 2 heterocycles. The number of nitrogens with one attached hydrogen (secondary N) is 1. The predicted octanol–water partition coefficient (Wildman–Crippen LogP) is 3.50. The van der Waals surface area contributed by atoms with E-state index in [1.165, 1.54) is 12.1 Å². The van der Waals surface area contributed by atoms with Crippen LogP contribution < -0.4 is 10.9 Å². The molecule has 0 radical (unpaired) electrons. The zero-order valence-electron chi connectivity index (χ0n) is 14.8. The lowest BCUT2D eigenvalue weighted by Crippen LogP contribution is -2.30. The topological polar surface area (TPSA) is 76.9 Å². The summed E-state index contributed by atoms with van der Waals surface area (Å²) in [6.07, 6.45) is -2.34. The van der Waals surface area contributed by atoms with Gasteiger partial charge in [0.2, 0.25) is 5.91 Å². The van der Waals surface area contributed by atoms with Gasteiger partial charge >= 0.3 is 6.18 Å². The van der Waals surface area contributed by atoms with Crippen molar-refractivity contribution in [3.63, 3.8) is 0 Å². The van der Waals surface area contributed by atoms with Crippen molar-refractivity contribution in [2.24, 2.45) is 0 Å². The lowest BCUT2D eigenvalue weighted by molar-refractivity contribution is -0.137. The quantitative estimate of drug-likeness (QED) is 0.777. The summed E-state index contributed by atoms with van der Waals surface area (Å²) in [6, 6.07) is 3.24. The highest BCUT2D eigenvalue weighted by atomic mass is 19.4. The third kappa shape index (κ3) is 5.24. The first-order chi connectivity index (χ1) is 13.5. The Morgan fingerprint density at radius 2 is 2.00 bits per heavy atom. The van der Waals surface area contributed by atoms with E-state index in [0.717, 1.165) is 16.9 Å². The summed E-state index contributed by atoms with van der Waals surface area (Å²) >= 11 is 0. The number of allylic oxidation sites excluding steroid dienone is 2. The van der Waals surface area contributed by atoms with Crippen LogP contribution in [0.1, 0.15) is 30.5 Å². The van der Waals surface area contributed by atoms with E-state index in [2.05, 4.69) is 15.4 Å². The van der Waals surface area contributed by atoms with Crippen LogP contribution in [0.5, 0.6) is 0 Å². The third-order valence-corrected chi connectivity index (χ3v) is 4.25. The maximum absolute atomic E-state index is 13.3. The van der Waals surface area contributed by atoms with Gasteiger partial charge in [-0.1, -0.05) is 6.08 Å². The maximum Gasteiger partial charge on any atom is 0.417 e. The Hall–Kier alpha value is -3.11. The summed E-state index contributed by atoms with van der Waals surface area (Å²) in [7, 11) is 0. The fourth-order valence-electron chi connectivity index (χ4n) is 2.76. The highest BCUT2D eigenvalue weighted by molar-refractivity contribution is 5.90. The zero-order chi connectivity index (χ0) is 21.2. The molecule has 2 aromatic heterocycles. The lowest BCUT2D eigenvalue weighted by atomic mass is 9.94. The second kappa shape index (κ2) is 7.72. The molecule has 11 heteroatoms. The molecule has 0 aliphatic heterocycles. The van der Waals surface area contributed by atoms with Gasteiger partial charge in [0.25, 0.3) is 11.5 Å². The number of rotatable bonds is 4. The third-order valence-electron chi connectivity index (χ3n) is 4.25. The van der Waals surface area contributed by atoms with E-state index in [1.807, 2.05) is 0 Å². The maximum atomic E-state index is 13.3. The van der Waals surface area contributed by atoms with Crippen molar-refractivity contribution in [1.29, 1.82) is 0 Å². The second-order valence-corrected chi connectivity index (χ2v) is 6.51. The van der Waals surface area contributed by atoms with Crippen molar-refractivity contribution >= 4 is 17.2 Å². The number of amides is 1. The number of aromatic nitrogens is 3.